The quantitative estimate of drug-likeness (QED) is 0.895. The van der Waals surface area contributed by atoms with Crippen molar-refractivity contribution in [2.24, 2.45) is 0 Å². The van der Waals surface area contributed by atoms with Crippen molar-refractivity contribution in [2.45, 2.75) is 19.4 Å². The molecule has 20 heavy (non-hydrogen) atoms. The van der Waals surface area contributed by atoms with Gasteiger partial charge in [-0.3, -0.25) is 4.79 Å². The van der Waals surface area contributed by atoms with Crippen molar-refractivity contribution in [1.29, 1.82) is 0 Å². The van der Waals surface area contributed by atoms with Gasteiger partial charge in [-0.2, -0.15) is 0 Å². The first kappa shape index (κ1) is 17.3. The zero-order chi connectivity index (χ0) is 13.8. The molecule has 1 aromatic carbocycles. The Balaban J connectivity index is 0.00000200. The summed E-state index contributed by atoms with van der Waals surface area (Å²) in [5.74, 6) is 0.921. The van der Waals surface area contributed by atoms with Gasteiger partial charge in [-0.25, -0.2) is 0 Å². The Morgan fingerprint density at radius 3 is 2.95 bits per heavy atom. The first-order valence-electron chi connectivity index (χ1n) is 6.44. The molecule has 1 aliphatic heterocycles. The lowest BCUT2D eigenvalue weighted by molar-refractivity contribution is -0.133. The van der Waals surface area contributed by atoms with E-state index < -0.39 is 0 Å². The van der Waals surface area contributed by atoms with Crippen molar-refractivity contribution in [1.82, 2.24) is 10.2 Å². The molecule has 0 radical (unpaired) electrons. The first-order chi connectivity index (χ1) is 9.11. The van der Waals surface area contributed by atoms with Crippen molar-refractivity contribution >= 4 is 34.2 Å². The Bertz CT molecular complexity index is 470. The fourth-order valence-corrected chi connectivity index (χ4v) is 2.77. The number of ether oxygens (including phenoxy) is 1. The summed E-state index contributed by atoms with van der Waals surface area (Å²) in [6.45, 7) is 4.57. The average Bonchev–Trinajstić information content (AvgIpc) is 2.39. The van der Waals surface area contributed by atoms with E-state index in [-0.39, 0.29) is 24.4 Å². The summed E-state index contributed by atoms with van der Waals surface area (Å²) in [5.41, 5.74) is 0.924. The molecule has 1 atom stereocenters. The second kappa shape index (κ2) is 7.86. The molecule has 1 unspecified atom stereocenters. The lowest BCUT2D eigenvalue weighted by Crippen LogP contribution is -2.52. The number of rotatable bonds is 3. The molecule has 1 aliphatic rings. The molecule has 6 heteroatoms. The van der Waals surface area contributed by atoms with Gasteiger partial charge in [0.15, 0.2) is 0 Å². The summed E-state index contributed by atoms with van der Waals surface area (Å²) in [6, 6.07) is 6.00. The Morgan fingerprint density at radius 1 is 1.55 bits per heavy atom. The van der Waals surface area contributed by atoms with Crippen molar-refractivity contribution < 1.29 is 9.53 Å². The number of hydrogen-bond acceptors (Lipinski definition) is 3. The molecule has 2 rings (SSSR count). The predicted octanol–water partition coefficient (Wildman–Crippen LogP) is 2.24. The van der Waals surface area contributed by atoms with Crippen LogP contribution in [0.25, 0.3) is 0 Å². The Kier molecular flexibility index (Phi) is 6.79. The Morgan fingerprint density at radius 2 is 2.30 bits per heavy atom. The van der Waals surface area contributed by atoms with Gasteiger partial charge >= 0.3 is 0 Å². The maximum Gasteiger partial charge on any atom is 0.227 e. The van der Waals surface area contributed by atoms with Crippen molar-refractivity contribution in [3.8, 4) is 5.75 Å². The van der Waals surface area contributed by atoms with Crippen LogP contribution in [0.1, 0.15) is 12.5 Å². The van der Waals surface area contributed by atoms with Crippen LogP contribution in [-0.2, 0) is 11.2 Å². The third-order valence-electron chi connectivity index (χ3n) is 3.41. The monoisotopic (exact) mass is 362 g/mol. The normalized spacial score (nSPS) is 18.4. The third-order valence-corrected chi connectivity index (χ3v) is 3.90. The van der Waals surface area contributed by atoms with Crippen LogP contribution < -0.4 is 10.1 Å². The van der Waals surface area contributed by atoms with Gasteiger partial charge in [0.2, 0.25) is 5.91 Å². The highest BCUT2D eigenvalue weighted by Gasteiger charge is 2.23. The van der Waals surface area contributed by atoms with E-state index in [4.69, 9.17) is 4.74 Å². The number of carbonyl (C=O) groups is 1. The molecule has 0 aromatic heterocycles. The lowest BCUT2D eigenvalue weighted by atomic mass is 10.1. The topological polar surface area (TPSA) is 41.6 Å². The molecule has 0 spiro atoms. The van der Waals surface area contributed by atoms with Crippen LogP contribution in [-0.4, -0.2) is 43.6 Å². The van der Waals surface area contributed by atoms with E-state index in [0.29, 0.717) is 6.42 Å². The number of nitrogens with one attached hydrogen (secondary N) is 1. The molecule has 0 bridgehead atoms. The zero-order valence-electron chi connectivity index (χ0n) is 11.7. The van der Waals surface area contributed by atoms with Gasteiger partial charge in [0.25, 0.3) is 0 Å². The van der Waals surface area contributed by atoms with Crippen LogP contribution in [0, 0.1) is 0 Å². The Hall–Kier alpha value is -0.780. The average molecular weight is 364 g/mol. The minimum Gasteiger partial charge on any atom is -0.496 e. The second-order valence-corrected chi connectivity index (χ2v) is 5.69. The highest BCUT2D eigenvalue weighted by Crippen LogP contribution is 2.24. The summed E-state index contributed by atoms with van der Waals surface area (Å²) in [4.78, 5) is 14.3. The number of methoxy groups -OCH3 is 1. The van der Waals surface area contributed by atoms with Gasteiger partial charge < -0.3 is 15.0 Å². The van der Waals surface area contributed by atoms with Crippen LogP contribution in [0.5, 0.6) is 5.75 Å². The van der Waals surface area contributed by atoms with E-state index in [9.17, 15) is 4.79 Å². The Labute approximate surface area is 134 Å². The minimum absolute atomic E-state index is 0. The van der Waals surface area contributed by atoms with Gasteiger partial charge in [0.05, 0.1) is 13.5 Å². The van der Waals surface area contributed by atoms with E-state index in [1.165, 1.54) is 0 Å². The van der Waals surface area contributed by atoms with Crippen LogP contribution in [0.2, 0.25) is 0 Å². The molecule has 1 heterocycles. The fraction of sp³-hybridized carbons (Fsp3) is 0.500. The van der Waals surface area contributed by atoms with Gasteiger partial charge in [0, 0.05) is 35.7 Å². The van der Waals surface area contributed by atoms with Crippen LogP contribution in [0.4, 0.5) is 0 Å². The molecule has 1 N–H and O–H groups in total. The van der Waals surface area contributed by atoms with Crippen molar-refractivity contribution in [3.63, 3.8) is 0 Å². The van der Waals surface area contributed by atoms with Crippen LogP contribution in [0.15, 0.2) is 22.7 Å². The maximum atomic E-state index is 12.4. The second-order valence-electron chi connectivity index (χ2n) is 4.77. The summed E-state index contributed by atoms with van der Waals surface area (Å²) >= 11 is 3.43. The number of nitrogens with zero attached hydrogens (tertiary/aromatic N) is 1. The smallest absolute Gasteiger partial charge is 0.227 e. The standard InChI is InChI=1S/C14H19BrN2O2.ClH/c1-10-9-16-5-6-17(10)14(18)8-11-7-12(15)3-4-13(11)19-2;/h3-4,7,10,16H,5-6,8-9H2,1-2H3;1H. The number of piperazine rings is 1. The van der Waals surface area contributed by atoms with E-state index in [0.717, 1.165) is 35.4 Å². The predicted molar refractivity (Wildman–Crippen MR) is 85.7 cm³/mol. The molecule has 1 saturated heterocycles. The highest BCUT2D eigenvalue weighted by molar-refractivity contribution is 9.10. The first-order valence-corrected chi connectivity index (χ1v) is 7.23. The van der Waals surface area contributed by atoms with Crippen LogP contribution in [0.3, 0.4) is 0 Å². The summed E-state index contributed by atoms with van der Waals surface area (Å²) < 4.78 is 6.27. The number of hydrogen-bond donors (Lipinski definition) is 1. The van der Waals surface area contributed by atoms with Gasteiger partial charge in [-0.15, -0.1) is 12.4 Å². The molecule has 1 amide bonds. The molecule has 112 valence electrons. The summed E-state index contributed by atoms with van der Waals surface area (Å²) in [7, 11) is 1.63. The molecule has 1 fully saturated rings. The lowest BCUT2D eigenvalue weighted by Gasteiger charge is -2.34. The van der Waals surface area contributed by atoms with Gasteiger partial charge in [0.1, 0.15) is 5.75 Å². The van der Waals surface area contributed by atoms with E-state index in [2.05, 4.69) is 28.2 Å². The van der Waals surface area contributed by atoms with Gasteiger partial charge in [-0.05, 0) is 25.1 Å². The number of benzene rings is 1. The summed E-state index contributed by atoms with van der Waals surface area (Å²) in [5, 5.41) is 3.29. The highest BCUT2D eigenvalue weighted by atomic mass is 79.9. The van der Waals surface area contributed by atoms with Gasteiger partial charge in [-0.1, -0.05) is 15.9 Å². The SMILES string of the molecule is COc1ccc(Br)cc1CC(=O)N1CCNCC1C.Cl. The van der Waals surface area contributed by atoms with E-state index in [1.807, 2.05) is 23.1 Å². The van der Waals surface area contributed by atoms with E-state index in [1.54, 1.807) is 7.11 Å². The zero-order valence-corrected chi connectivity index (χ0v) is 14.1. The number of amides is 1. The molecular weight excluding hydrogens is 344 g/mol. The molecule has 0 saturated carbocycles. The molecule has 1 aromatic rings. The van der Waals surface area contributed by atoms with Crippen molar-refractivity contribution in [3.05, 3.63) is 28.2 Å². The number of carbonyl (C=O) groups excluding carboxylic acids is 1. The third kappa shape index (κ3) is 4.11. The fourth-order valence-electron chi connectivity index (χ4n) is 2.36. The summed E-state index contributed by atoms with van der Waals surface area (Å²) in [6.07, 6.45) is 0.382. The molecule has 4 nitrogen and oxygen atoms in total. The number of halogens is 2. The van der Waals surface area contributed by atoms with Crippen molar-refractivity contribution in [2.75, 3.05) is 26.7 Å². The van der Waals surface area contributed by atoms with E-state index >= 15 is 0 Å². The van der Waals surface area contributed by atoms with Crippen LogP contribution >= 0.6 is 28.3 Å². The largest absolute Gasteiger partial charge is 0.496 e. The maximum absolute atomic E-state index is 12.4. The minimum atomic E-state index is 0. The molecule has 0 aliphatic carbocycles. The molecular formula is C14H20BrClN2O2.